The van der Waals surface area contributed by atoms with Crippen LogP contribution in [0.1, 0.15) is 34.3 Å². The molecule has 5 heteroatoms. The Morgan fingerprint density at radius 2 is 2.24 bits per heavy atom. The van der Waals surface area contributed by atoms with Crippen molar-refractivity contribution in [2.75, 3.05) is 11.6 Å². The first-order valence-electron chi connectivity index (χ1n) is 7.10. The zero-order valence-electron chi connectivity index (χ0n) is 12.2. The minimum atomic E-state index is -0.0703. The number of nitrogens with one attached hydrogen (secondary N) is 1. The number of aryl methyl sites for hydroxylation is 1. The summed E-state index contributed by atoms with van der Waals surface area (Å²) in [5.41, 5.74) is 1.89. The van der Waals surface area contributed by atoms with E-state index in [-0.39, 0.29) is 5.91 Å². The van der Waals surface area contributed by atoms with Crippen LogP contribution in [-0.4, -0.2) is 17.1 Å². The molecule has 0 radical (unpaired) electrons. The number of aromatic nitrogens is 1. The Morgan fingerprint density at radius 1 is 1.43 bits per heavy atom. The van der Waals surface area contributed by atoms with Crippen LogP contribution in [0.2, 0.25) is 0 Å². The number of thioether (sulfide) groups is 1. The third-order valence-electron chi connectivity index (χ3n) is 3.76. The lowest BCUT2D eigenvalue weighted by Crippen LogP contribution is -2.13. The lowest BCUT2D eigenvalue weighted by molar-refractivity contribution is 0.102. The average Bonchev–Trinajstić information content (AvgIpc) is 2.88. The molecule has 21 heavy (non-hydrogen) atoms. The quantitative estimate of drug-likeness (QED) is 0.861. The molecule has 3 rings (SSSR count). The summed E-state index contributed by atoms with van der Waals surface area (Å²) in [5, 5.41) is 3.69. The molecule has 1 heterocycles. The molecule has 0 fully saturated rings. The Hall–Kier alpha value is -1.33. The highest BCUT2D eigenvalue weighted by Crippen LogP contribution is 2.32. The highest BCUT2D eigenvalue weighted by Gasteiger charge is 2.21. The van der Waals surface area contributed by atoms with Gasteiger partial charge < -0.3 is 0 Å². The van der Waals surface area contributed by atoms with E-state index in [1.54, 1.807) is 23.1 Å². The lowest BCUT2D eigenvalue weighted by Gasteiger charge is -2.15. The number of thiazole rings is 1. The lowest BCUT2D eigenvalue weighted by atomic mass is 9.93. The minimum Gasteiger partial charge on any atom is -0.298 e. The Kier molecular flexibility index (Phi) is 4.31. The Bertz CT molecular complexity index is 666. The first kappa shape index (κ1) is 14.6. The SMILES string of the molecule is CSc1ccccc1C(=O)Nc1nc2c(s1)CC(C)CC2. The summed E-state index contributed by atoms with van der Waals surface area (Å²) >= 11 is 3.21. The topological polar surface area (TPSA) is 42.0 Å². The highest BCUT2D eigenvalue weighted by atomic mass is 32.2. The van der Waals surface area contributed by atoms with Gasteiger partial charge in [0.2, 0.25) is 0 Å². The molecule has 1 aromatic carbocycles. The van der Waals surface area contributed by atoms with E-state index >= 15 is 0 Å². The number of hydrogen-bond donors (Lipinski definition) is 1. The standard InChI is InChI=1S/C16H18N2OS2/c1-10-7-8-12-14(9-10)21-16(17-12)18-15(19)11-5-3-4-6-13(11)20-2/h3-6,10H,7-9H2,1-2H3,(H,17,18,19). The molecule has 0 saturated heterocycles. The molecule has 1 amide bonds. The molecule has 1 aliphatic rings. The zero-order chi connectivity index (χ0) is 14.8. The Balaban J connectivity index is 1.79. The Labute approximate surface area is 133 Å². The normalized spacial score (nSPS) is 17.3. The third-order valence-corrected chi connectivity index (χ3v) is 5.59. The van der Waals surface area contributed by atoms with Crippen LogP contribution >= 0.6 is 23.1 Å². The second kappa shape index (κ2) is 6.20. The number of fused-ring (bicyclic) bond motifs is 1. The summed E-state index contributed by atoms with van der Waals surface area (Å²) < 4.78 is 0. The van der Waals surface area contributed by atoms with Gasteiger partial charge in [0.05, 0.1) is 11.3 Å². The van der Waals surface area contributed by atoms with Crippen molar-refractivity contribution in [3.63, 3.8) is 0 Å². The summed E-state index contributed by atoms with van der Waals surface area (Å²) in [7, 11) is 0. The van der Waals surface area contributed by atoms with Crippen LogP contribution in [0.5, 0.6) is 0 Å². The van der Waals surface area contributed by atoms with Crippen molar-refractivity contribution in [1.82, 2.24) is 4.98 Å². The maximum Gasteiger partial charge on any atom is 0.258 e. The molecule has 1 N–H and O–H groups in total. The van der Waals surface area contributed by atoms with E-state index in [1.807, 2.05) is 30.5 Å². The molecule has 110 valence electrons. The molecule has 1 aliphatic carbocycles. The van der Waals surface area contributed by atoms with Gasteiger partial charge in [0.25, 0.3) is 5.91 Å². The fourth-order valence-corrected chi connectivity index (χ4v) is 4.35. The van der Waals surface area contributed by atoms with Gasteiger partial charge >= 0.3 is 0 Å². The summed E-state index contributed by atoms with van der Waals surface area (Å²) in [6.07, 6.45) is 5.30. The predicted molar refractivity (Wildman–Crippen MR) is 89.5 cm³/mol. The average molecular weight is 318 g/mol. The van der Waals surface area contributed by atoms with E-state index in [1.165, 1.54) is 17.0 Å². The number of anilines is 1. The molecule has 2 aromatic rings. The van der Waals surface area contributed by atoms with Crippen LogP contribution in [-0.2, 0) is 12.8 Å². The molecule has 0 spiro atoms. The van der Waals surface area contributed by atoms with Gasteiger partial charge in [-0.15, -0.1) is 23.1 Å². The van der Waals surface area contributed by atoms with Gasteiger partial charge in [-0.05, 0) is 43.6 Å². The van der Waals surface area contributed by atoms with Crippen LogP contribution in [0, 0.1) is 5.92 Å². The second-order valence-corrected chi connectivity index (χ2v) is 7.32. The van der Waals surface area contributed by atoms with Crippen molar-refractivity contribution in [3.05, 3.63) is 40.4 Å². The fourth-order valence-electron chi connectivity index (χ4n) is 2.59. The van der Waals surface area contributed by atoms with Crippen LogP contribution in [0.3, 0.4) is 0 Å². The number of hydrogen-bond acceptors (Lipinski definition) is 4. The van der Waals surface area contributed by atoms with E-state index in [0.717, 1.165) is 28.8 Å². The number of amides is 1. The van der Waals surface area contributed by atoms with Crippen LogP contribution < -0.4 is 5.32 Å². The van der Waals surface area contributed by atoms with Crippen molar-refractivity contribution in [2.24, 2.45) is 5.92 Å². The minimum absolute atomic E-state index is 0.0703. The summed E-state index contributed by atoms with van der Waals surface area (Å²) in [4.78, 5) is 19.3. The van der Waals surface area contributed by atoms with Crippen molar-refractivity contribution in [3.8, 4) is 0 Å². The van der Waals surface area contributed by atoms with Gasteiger partial charge in [0, 0.05) is 9.77 Å². The van der Waals surface area contributed by atoms with Gasteiger partial charge in [0.15, 0.2) is 5.13 Å². The van der Waals surface area contributed by atoms with Crippen molar-refractivity contribution in [2.45, 2.75) is 31.1 Å². The van der Waals surface area contributed by atoms with Gasteiger partial charge in [-0.3, -0.25) is 10.1 Å². The van der Waals surface area contributed by atoms with Crippen molar-refractivity contribution in [1.29, 1.82) is 0 Å². The van der Waals surface area contributed by atoms with Crippen LogP contribution in [0.15, 0.2) is 29.2 Å². The maximum atomic E-state index is 12.4. The van der Waals surface area contributed by atoms with E-state index in [2.05, 4.69) is 17.2 Å². The molecule has 1 atom stereocenters. The maximum absolute atomic E-state index is 12.4. The third kappa shape index (κ3) is 3.14. The number of carbonyl (C=O) groups is 1. The highest BCUT2D eigenvalue weighted by molar-refractivity contribution is 7.98. The largest absolute Gasteiger partial charge is 0.298 e. The van der Waals surface area contributed by atoms with Crippen molar-refractivity contribution < 1.29 is 4.79 Å². The van der Waals surface area contributed by atoms with E-state index in [9.17, 15) is 4.79 Å². The number of benzene rings is 1. The molecular weight excluding hydrogens is 300 g/mol. The first-order chi connectivity index (χ1) is 10.2. The fraction of sp³-hybridized carbons (Fsp3) is 0.375. The molecule has 1 unspecified atom stereocenters. The second-order valence-electron chi connectivity index (χ2n) is 5.39. The number of nitrogens with zero attached hydrogens (tertiary/aromatic N) is 1. The van der Waals surface area contributed by atoms with Gasteiger partial charge in [-0.2, -0.15) is 0 Å². The van der Waals surface area contributed by atoms with Crippen LogP contribution in [0.25, 0.3) is 0 Å². The molecular formula is C16H18N2OS2. The monoisotopic (exact) mass is 318 g/mol. The summed E-state index contributed by atoms with van der Waals surface area (Å²) in [6.45, 7) is 2.27. The molecule has 1 aromatic heterocycles. The van der Waals surface area contributed by atoms with E-state index in [4.69, 9.17) is 0 Å². The van der Waals surface area contributed by atoms with Crippen LogP contribution in [0.4, 0.5) is 5.13 Å². The summed E-state index contributed by atoms with van der Waals surface area (Å²) in [5.74, 6) is 0.651. The summed E-state index contributed by atoms with van der Waals surface area (Å²) in [6, 6.07) is 7.67. The van der Waals surface area contributed by atoms with Gasteiger partial charge in [-0.1, -0.05) is 19.1 Å². The molecule has 3 nitrogen and oxygen atoms in total. The predicted octanol–water partition coefficient (Wildman–Crippen LogP) is 4.24. The smallest absolute Gasteiger partial charge is 0.258 e. The molecule has 0 saturated carbocycles. The first-order valence-corrected chi connectivity index (χ1v) is 9.14. The number of carbonyl (C=O) groups excluding carboxylic acids is 1. The van der Waals surface area contributed by atoms with Gasteiger partial charge in [0.1, 0.15) is 0 Å². The van der Waals surface area contributed by atoms with E-state index in [0.29, 0.717) is 5.56 Å². The van der Waals surface area contributed by atoms with Crippen molar-refractivity contribution >= 4 is 34.1 Å². The number of rotatable bonds is 3. The zero-order valence-corrected chi connectivity index (χ0v) is 13.8. The van der Waals surface area contributed by atoms with E-state index < -0.39 is 0 Å². The Morgan fingerprint density at radius 3 is 3.05 bits per heavy atom. The molecule has 0 bridgehead atoms. The molecule has 0 aliphatic heterocycles. The van der Waals surface area contributed by atoms with Gasteiger partial charge in [-0.25, -0.2) is 4.98 Å².